The van der Waals surface area contributed by atoms with Crippen LogP contribution in [0.4, 0.5) is 5.00 Å². The molecule has 0 unspecified atom stereocenters. The molecule has 7 nitrogen and oxygen atoms in total. The molecular weight excluding hydrogens is 398 g/mol. The highest BCUT2D eigenvalue weighted by Crippen LogP contribution is 2.38. The monoisotopic (exact) mass is 429 g/mol. The van der Waals surface area contributed by atoms with Crippen LogP contribution in [0.3, 0.4) is 0 Å². The van der Waals surface area contributed by atoms with E-state index in [0.717, 1.165) is 49.0 Å². The van der Waals surface area contributed by atoms with Gasteiger partial charge in [0.25, 0.3) is 5.91 Å². The number of fused-ring (bicyclic) bond motifs is 1. The fourth-order valence-corrected chi connectivity index (χ4v) is 5.39. The third-order valence-corrected chi connectivity index (χ3v) is 6.89. The molecule has 2 aromatic heterocycles. The van der Waals surface area contributed by atoms with Crippen LogP contribution in [0.5, 0.6) is 0 Å². The normalized spacial score (nSPS) is 16.4. The van der Waals surface area contributed by atoms with Crippen molar-refractivity contribution >= 4 is 28.2 Å². The lowest BCUT2D eigenvalue weighted by atomic mass is 9.89. The van der Waals surface area contributed by atoms with E-state index in [9.17, 15) is 9.59 Å². The third kappa shape index (κ3) is 4.59. The Morgan fingerprint density at radius 2 is 2.00 bits per heavy atom. The largest absolute Gasteiger partial charge is 0.365 e. The molecule has 0 spiro atoms. The van der Waals surface area contributed by atoms with E-state index in [1.54, 1.807) is 4.68 Å². The van der Waals surface area contributed by atoms with Gasteiger partial charge in [0.1, 0.15) is 11.5 Å². The number of amides is 2. The Morgan fingerprint density at radius 3 is 2.67 bits per heavy atom. The van der Waals surface area contributed by atoms with Gasteiger partial charge in [0.05, 0.1) is 11.3 Å². The number of nitrogens with zero attached hydrogens (tertiary/aromatic N) is 2. The fraction of sp³-hybridized carbons (Fsp3) is 0.591. The minimum atomic E-state index is -0.466. The highest BCUT2D eigenvalue weighted by Gasteiger charge is 2.27. The van der Waals surface area contributed by atoms with Crippen LogP contribution >= 0.6 is 11.3 Å². The number of primary amides is 1. The number of rotatable bonds is 7. The van der Waals surface area contributed by atoms with E-state index in [4.69, 9.17) is 10.8 Å². The van der Waals surface area contributed by atoms with Crippen molar-refractivity contribution in [2.75, 3.05) is 5.32 Å². The summed E-state index contributed by atoms with van der Waals surface area (Å²) < 4.78 is 1.71. The Bertz CT molecular complexity index is 965. The molecule has 4 N–H and O–H groups in total. The first-order chi connectivity index (χ1) is 14.2. The maximum atomic E-state index is 12.8. The number of nitrogens with one attached hydrogen (secondary N) is 2. The molecule has 8 heteroatoms. The quantitative estimate of drug-likeness (QED) is 0.629. The molecule has 2 aromatic rings. The van der Waals surface area contributed by atoms with Gasteiger partial charge in [-0.05, 0) is 44.1 Å². The van der Waals surface area contributed by atoms with Crippen LogP contribution in [0.2, 0.25) is 0 Å². The van der Waals surface area contributed by atoms with Crippen molar-refractivity contribution in [2.24, 2.45) is 5.73 Å². The second kappa shape index (κ2) is 8.15. The zero-order valence-corrected chi connectivity index (χ0v) is 18.8. The number of anilines is 1. The standard InChI is InChI=1S/C22H31N5O2S/c1-22(2,3)19-13(10-24-14-8-9-14)11-27(26-19)12-17(28)25-21-18(20(23)29)15-6-4-5-7-16(15)30-21/h11,14,24H,4-10,12H2,1-3H3,(H2,23,29)(H,25,28). The van der Waals surface area contributed by atoms with Crippen LogP contribution in [0.15, 0.2) is 6.20 Å². The van der Waals surface area contributed by atoms with Crippen molar-refractivity contribution in [3.63, 3.8) is 0 Å². The molecule has 1 fully saturated rings. The van der Waals surface area contributed by atoms with Gasteiger partial charge in [-0.25, -0.2) is 0 Å². The summed E-state index contributed by atoms with van der Waals surface area (Å²) in [5, 5.41) is 11.8. The number of aromatic nitrogens is 2. The Kier molecular flexibility index (Phi) is 5.72. The average Bonchev–Trinajstić information content (AvgIpc) is 3.28. The van der Waals surface area contributed by atoms with E-state index in [1.807, 2.05) is 6.20 Å². The van der Waals surface area contributed by atoms with Crippen LogP contribution in [-0.4, -0.2) is 27.6 Å². The molecule has 2 heterocycles. The lowest BCUT2D eigenvalue weighted by molar-refractivity contribution is -0.116. The number of nitrogens with two attached hydrogens (primary N) is 1. The summed E-state index contributed by atoms with van der Waals surface area (Å²) in [5.74, 6) is -0.659. The van der Waals surface area contributed by atoms with Crippen molar-refractivity contribution in [2.45, 2.75) is 83.8 Å². The molecule has 4 rings (SSSR count). The van der Waals surface area contributed by atoms with Crippen LogP contribution in [0.1, 0.15) is 78.5 Å². The molecule has 2 amide bonds. The molecule has 162 valence electrons. The van der Waals surface area contributed by atoms with Gasteiger partial charge in [-0.15, -0.1) is 11.3 Å². The summed E-state index contributed by atoms with van der Waals surface area (Å²) in [7, 11) is 0. The first-order valence-corrected chi connectivity index (χ1v) is 11.6. The summed E-state index contributed by atoms with van der Waals surface area (Å²) in [4.78, 5) is 26.0. The van der Waals surface area contributed by atoms with Crippen molar-refractivity contribution in [3.8, 4) is 0 Å². The average molecular weight is 430 g/mol. The van der Waals surface area contributed by atoms with E-state index in [0.29, 0.717) is 16.6 Å². The summed E-state index contributed by atoms with van der Waals surface area (Å²) >= 11 is 1.49. The van der Waals surface area contributed by atoms with Gasteiger partial charge < -0.3 is 16.4 Å². The predicted molar refractivity (Wildman–Crippen MR) is 119 cm³/mol. The maximum absolute atomic E-state index is 12.8. The summed E-state index contributed by atoms with van der Waals surface area (Å²) in [6, 6.07) is 0.613. The Hall–Kier alpha value is -2.19. The molecule has 30 heavy (non-hydrogen) atoms. The Labute approximate surface area is 181 Å². The second-order valence-electron chi connectivity index (χ2n) is 9.43. The molecule has 2 aliphatic carbocycles. The number of aryl methyl sites for hydroxylation is 1. The highest BCUT2D eigenvalue weighted by molar-refractivity contribution is 7.17. The van der Waals surface area contributed by atoms with Gasteiger partial charge in [0.15, 0.2) is 0 Å². The Balaban J connectivity index is 1.50. The first kappa shape index (κ1) is 21.1. The SMILES string of the molecule is CC(C)(C)c1nn(CC(=O)Nc2sc3c(c2C(N)=O)CCCC3)cc1CNC1CC1. The lowest BCUT2D eigenvalue weighted by Gasteiger charge is -2.17. The van der Waals surface area contributed by atoms with Crippen molar-refractivity contribution < 1.29 is 9.59 Å². The van der Waals surface area contributed by atoms with E-state index in [1.165, 1.54) is 29.1 Å². The van der Waals surface area contributed by atoms with Gasteiger partial charge in [0, 0.05) is 34.6 Å². The number of carbonyl (C=O) groups excluding carboxylic acids is 2. The zero-order valence-electron chi connectivity index (χ0n) is 18.0. The molecule has 0 saturated heterocycles. The zero-order chi connectivity index (χ0) is 21.5. The van der Waals surface area contributed by atoms with Crippen LogP contribution < -0.4 is 16.4 Å². The second-order valence-corrected chi connectivity index (χ2v) is 10.5. The summed E-state index contributed by atoms with van der Waals surface area (Å²) in [6.45, 7) is 7.27. The van der Waals surface area contributed by atoms with Gasteiger partial charge in [-0.1, -0.05) is 20.8 Å². The molecule has 0 aliphatic heterocycles. The van der Waals surface area contributed by atoms with Crippen LogP contribution in [0, 0.1) is 0 Å². The van der Waals surface area contributed by atoms with Gasteiger partial charge in [0.2, 0.25) is 5.91 Å². The summed E-state index contributed by atoms with van der Waals surface area (Å²) in [6.07, 6.45) is 8.39. The number of carbonyl (C=O) groups is 2. The van der Waals surface area contributed by atoms with Gasteiger partial charge in [-0.2, -0.15) is 5.10 Å². The maximum Gasteiger partial charge on any atom is 0.251 e. The molecular formula is C22H31N5O2S. The molecule has 1 saturated carbocycles. The Morgan fingerprint density at radius 1 is 1.27 bits per heavy atom. The molecule has 0 aromatic carbocycles. The minimum Gasteiger partial charge on any atom is -0.365 e. The van der Waals surface area contributed by atoms with Gasteiger partial charge >= 0.3 is 0 Å². The molecule has 2 aliphatic rings. The van der Waals surface area contributed by atoms with Crippen molar-refractivity contribution in [1.82, 2.24) is 15.1 Å². The van der Waals surface area contributed by atoms with Gasteiger partial charge in [-0.3, -0.25) is 14.3 Å². The minimum absolute atomic E-state index is 0.103. The lowest BCUT2D eigenvalue weighted by Crippen LogP contribution is -2.22. The van der Waals surface area contributed by atoms with E-state index < -0.39 is 5.91 Å². The first-order valence-electron chi connectivity index (χ1n) is 10.8. The molecule has 0 bridgehead atoms. The van der Waals surface area contributed by atoms with Crippen LogP contribution in [0.25, 0.3) is 0 Å². The molecule has 0 radical (unpaired) electrons. The smallest absolute Gasteiger partial charge is 0.251 e. The highest BCUT2D eigenvalue weighted by atomic mass is 32.1. The molecule has 0 atom stereocenters. The third-order valence-electron chi connectivity index (χ3n) is 5.68. The summed E-state index contributed by atoms with van der Waals surface area (Å²) in [5.41, 5.74) is 9.19. The number of hydrogen-bond donors (Lipinski definition) is 3. The number of hydrogen-bond acceptors (Lipinski definition) is 5. The van der Waals surface area contributed by atoms with E-state index >= 15 is 0 Å². The predicted octanol–water partition coefficient (Wildman–Crippen LogP) is 3.11. The van der Waals surface area contributed by atoms with Crippen molar-refractivity contribution in [1.29, 1.82) is 0 Å². The number of thiophene rings is 1. The van der Waals surface area contributed by atoms with E-state index in [-0.39, 0.29) is 17.9 Å². The van der Waals surface area contributed by atoms with E-state index in [2.05, 4.69) is 31.4 Å². The fourth-order valence-electron chi connectivity index (χ4n) is 4.07. The topological polar surface area (TPSA) is 102 Å². The van der Waals surface area contributed by atoms with Crippen LogP contribution in [-0.2, 0) is 36.1 Å². The van der Waals surface area contributed by atoms with Crippen molar-refractivity contribution in [3.05, 3.63) is 33.5 Å².